The predicted molar refractivity (Wildman–Crippen MR) is 94.7 cm³/mol. The van der Waals surface area contributed by atoms with E-state index in [1.165, 1.54) is 6.42 Å². The summed E-state index contributed by atoms with van der Waals surface area (Å²) in [5.74, 6) is 1.75. The maximum Gasteiger partial charge on any atom is 0.225 e. The van der Waals surface area contributed by atoms with E-state index in [1.54, 1.807) is 6.20 Å². The molecular weight excluding hydrogens is 304 g/mol. The number of piperazine rings is 1. The van der Waals surface area contributed by atoms with Crippen molar-refractivity contribution in [2.24, 2.45) is 16.6 Å². The summed E-state index contributed by atoms with van der Waals surface area (Å²) in [7, 11) is 0. The number of anilines is 1. The zero-order valence-electron chi connectivity index (χ0n) is 14.0. The van der Waals surface area contributed by atoms with Gasteiger partial charge in [-0.05, 0) is 25.0 Å². The molecule has 1 saturated carbocycles. The normalized spacial score (nSPS) is 19.8. The lowest BCUT2D eigenvalue weighted by molar-refractivity contribution is -0.139. The topological polar surface area (TPSA) is 86.8 Å². The fraction of sp³-hybridized carbons (Fsp3) is 0.588. The Morgan fingerprint density at radius 3 is 2.71 bits per heavy atom. The molecule has 1 aliphatic carbocycles. The smallest absolute Gasteiger partial charge is 0.225 e. The van der Waals surface area contributed by atoms with Crippen LogP contribution in [0.1, 0.15) is 19.3 Å². The molecule has 0 spiro atoms. The van der Waals surface area contributed by atoms with Crippen LogP contribution in [-0.2, 0) is 4.79 Å². The Hall–Kier alpha value is -2.15. The van der Waals surface area contributed by atoms with E-state index >= 15 is 0 Å². The molecule has 3 N–H and O–H groups in total. The molecule has 0 aromatic carbocycles. The van der Waals surface area contributed by atoms with Crippen molar-refractivity contribution in [3.8, 4) is 0 Å². The van der Waals surface area contributed by atoms with E-state index < -0.39 is 0 Å². The van der Waals surface area contributed by atoms with E-state index in [-0.39, 0.29) is 0 Å². The second-order valence-corrected chi connectivity index (χ2v) is 6.40. The van der Waals surface area contributed by atoms with Crippen molar-refractivity contribution in [1.29, 1.82) is 0 Å². The van der Waals surface area contributed by atoms with Crippen LogP contribution in [0.25, 0.3) is 0 Å². The largest absolute Gasteiger partial charge is 0.370 e. The van der Waals surface area contributed by atoms with Gasteiger partial charge in [-0.3, -0.25) is 14.7 Å². The summed E-state index contributed by atoms with van der Waals surface area (Å²) >= 11 is 0. The first-order valence-corrected chi connectivity index (χ1v) is 8.71. The molecule has 2 heterocycles. The van der Waals surface area contributed by atoms with Crippen LogP contribution in [-0.4, -0.2) is 65.9 Å². The predicted octanol–water partition coefficient (Wildman–Crippen LogP) is 0.753. The van der Waals surface area contributed by atoms with Crippen LogP contribution >= 0.6 is 0 Å². The minimum Gasteiger partial charge on any atom is -0.370 e. The van der Waals surface area contributed by atoms with Crippen LogP contribution in [0.3, 0.4) is 0 Å². The van der Waals surface area contributed by atoms with Crippen LogP contribution in [0.5, 0.6) is 0 Å². The van der Waals surface area contributed by atoms with Crippen molar-refractivity contribution in [2.75, 3.05) is 44.6 Å². The van der Waals surface area contributed by atoms with E-state index in [9.17, 15) is 4.79 Å². The number of guanidine groups is 1. The van der Waals surface area contributed by atoms with Crippen LogP contribution in [0, 0.1) is 5.92 Å². The van der Waals surface area contributed by atoms with Gasteiger partial charge in [0.25, 0.3) is 0 Å². The molecule has 24 heavy (non-hydrogen) atoms. The fourth-order valence-electron chi connectivity index (χ4n) is 3.02. The zero-order valence-corrected chi connectivity index (χ0v) is 14.0. The van der Waals surface area contributed by atoms with Crippen LogP contribution in [0.15, 0.2) is 29.4 Å². The molecule has 7 nitrogen and oxygen atoms in total. The Kier molecular flexibility index (Phi) is 5.63. The minimum absolute atomic E-state index is 0.304. The highest BCUT2D eigenvalue weighted by Crippen LogP contribution is 2.28. The Morgan fingerprint density at radius 1 is 1.29 bits per heavy atom. The number of aliphatic imine (C=N–C) groups is 1. The molecule has 3 rings (SSSR count). The van der Waals surface area contributed by atoms with Gasteiger partial charge in [0.05, 0.1) is 6.54 Å². The molecule has 130 valence electrons. The number of nitrogens with one attached hydrogen (secondary N) is 1. The molecule has 1 aromatic rings. The van der Waals surface area contributed by atoms with Gasteiger partial charge >= 0.3 is 0 Å². The summed E-state index contributed by atoms with van der Waals surface area (Å²) in [5.41, 5.74) is 5.87. The number of rotatable bonds is 5. The van der Waals surface area contributed by atoms with E-state index in [4.69, 9.17) is 5.73 Å². The van der Waals surface area contributed by atoms with Gasteiger partial charge in [0.15, 0.2) is 5.96 Å². The number of carbonyl (C=O) groups is 1. The van der Waals surface area contributed by atoms with Crippen LogP contribution < -0.4 is 11.1 Å². The molecule has 2 fully saturated rings. The van der Waals surface area contributed by atoms with E-state index in [2.05, 4.69) is 20.2 Å². The SMILES string of the molecule is NC(=NCCN1CCN(C(=O)C2CCC2)CC1)Nc1ccccn1. The first-order chi connectivity index (χ1) is 11.7. The number of pyridine rings is 1. The quantitative estimate of drug-likeness (QED) is 0.615. The summed E-state index contributed by atoms with van der Waals surface area (Å²) in [6.45, 7) is 5.00. The van der Waals surface area contributed by atoms with Crippen LogP contribution in [0.4, 0.5) is 5.82 Å². The molecule has 1 aliphatic heterocycles. The Morgan fingerprint density at radius 2 is 2.08 bits per heavy atom. The summed E-state index contributed by atoms with van der Waals surface area (Å²) in [6, 6.07) is 5.60. The maximum atomic E-state index is 12.2. The molecule has 1 saturated heterocycles. The molecule has 0 atom stereocenters. The number of nitrogens with zero attached hydrogens (tertiary/aromatic N) is 4. The third-order valence-corrected chi connectivity index (χ3v) is 4.76. The lowest BCUT2D eigenvalue weighted by Crippen LogP contribution is -2.51. The Bertz CT molecular complexity index is 564. The molecule has 0 radical (unpaired) electrons. The molecular formula is C17H26N6O. The molecule has 2 aliphatic rings. The number of carbonyl (C=O) groups excluding carboxylic acids is 1. The van der Waals surface area contributed by atoms with Crippen molar-refractivity contribution in [3.63, 3.8) is 0 Å². The highest BCUT2D eigenvalue weighted by Gasteiger charge is 2.30. The number of nitrogens with two attached hydrogens (primary N) is 1. The van der Waals surface area contributed by atoms with Crippen molar-refractivity contribution < 1.29 is 4.79 Å². The van der Waals surface area contributed by atoms with Crippen molar-refractivity contribution in [2.45, 2.75) is 19.3 Å². The van der Waals surface area contributed by atoms with E-state index in [0.29, 0.717) is 30.1 Å². The third-order valence-electron chi connectivity index (χ3n) is 4.76. The van der Waals surface area contributed by atoms with Crippen molar-refractivity contribution in [3.05, 3.63) is 24.4 Å². The van der Waals surface area contributed by atoms with Gasteiger partial charge in [0.1, 0.15) is 5.82 Å². The molecule has 0 unspecified atom stereocenters. The van der Waals surface area contributed by atoms with Gasteiger partial charge in [0, 0.05) is 44.8 Å². The van der Waals surface area contributed by atoms with Gasteiger partial charge < -0.3 is 16.0 Å². The Balaban J connectivity index is 1.35. The molecule has 0 bridgehead atoms. The lowest BCUT2D eigenvalue weighted by Gasteiger charge is -2.38. The van der Waals surface area contributed by atoms with Gasteiger partial charge in [-0.2, -0.15) is 0 Å². The van der Waals surface area contributed by atoms with Gasteiger partial charge in [0.2, 0.25) is 5.91 Å². The summed E-state index contributed by atoms with van der Waals surface area (Å²) in [5, 5.41) is 2.97. The van der Waals surface area contributed by atoms with E-state index in [0.717, 1.165) is 45.6 Å². The first kappa shape index (κ1) is 16.7. The van der Waals surface area contributed by atoms with Crippen LogP contribution in [0.2, 0.25) is 0 Å². The molecule has 1 aromatic heterocycles. The second kappa shape index (κ2) is 8.10. The highest BCUT2D eigenvalue weighted by molar-refractivity contribution is 5.91. The summed E-state index contributed by atoms with van der Waals surface area (Å²) < 4.78 is 0. The lowest BCUT2D eigenvalue weighted by atomic mass is 9.84. The first-order valence-electron chi connectivity index (χ1n) is 8.71. The number of aromatic nitrogens is 1. The summed E-state index contributed by atoms with van der Waals surface area (Å²) in [4.78, 5) is 25.1. The zero-order chi connectivity index (χ0) is 16.8. The average Bonchev–Trinajstić information content (AvgIpc) is 2.55. The van der Waals surface area contributed by atoms with Crippen molar-refractivity contribution >= 4 is 17.7 Å². The van der Waals surface area contributed by atoms with Gasteiger partial charge in [-0.25, -0.2) is 4.98 Å². The second-order valence-electron chi connectivity index (χ2n) is 6.40. The minimum atomic E-state index is 0.304. The fourth-order valence-corrected chi connectivity index (χ4v) is 3.02. The number of hydrogen-bond donors (Lipinski definition) is 2. The summed E-state index contributed by atoms with van der Waals surface area (Å²) in [6.07, 6.45) is 5.08. The third kappa shape index (κ3) is 4.44. The molecule has 7 heteroatoms. The maximum absolute atomic E-state index is 12.2. The Labute approximate surface area is 142 Å². The van der Waals surface area contributed by atoms with E-state index in [1.807, 2.05) is 23.1 Å². The molecule has 1 amide bonds. The standard InChI is InChI=1S/C17H26N6O/c18-17(21-15-6-1-2-7-19-15)20-8-9-22-10-12-23(13-11-22)16(24)14-4-3-5-14/h1-2,6-7,14H,3-5,8-13H2,(H3,18,19,20,21). The van der Waals surface area contributed by atoms with Gasteiger partial charge in [-0.15, -0.1) is 0 Å². The van der Waals surface area contributed by atoms with Gasteiger partial charge in [-0.1, -0.05) is 12.5 Å². The highest BCUT2D eigenvalue weighted by atomic mass is 16.2. The average molecular weight is 330 g/mol. The number of hydrogen-bond acceptors (Lipinski definition) is 4. The van der Waals surface area contributed by atoms with Crippen molar-refractivity contribution in [1.82, 2.24) is 14.8 Å². The number of amides is 1. The monoisotopic (exact) mass is 330 g/mol.